The minimum Gasteiger partial charge on any atom is -0.431 e. The van der Waals surface area contributed by atoms with Gasteiger partial charge in [-0.2, -0.15) is 0 Å². The van der Waals surface area contributed by atoms with Crippen molar-refractivity contribution in [1.82, 2.24) is 14.8 Å². The first kappa shape index (κ1) is 20.4. The van der Waals surface area contributed by atoms with Crippen molar-refractivity contribution in [2.24, 2.45) is 0 Å². The van der Waals surface area contributed by atoms with Gasteiger partial charge >= 0.3 is 0 Å². The summed E-state index contributed by atoms with van der Waals surface area (Å²) in [6.07, 6.45) is 3.22. The summed E-state index contributed by atoms with van der Waals surface area (Å²) in [6.45, 7) is 3.09. The highest BCUT2D eigenvalue weighted by atomic mass is 32.1. The van der Waals surface area contributed by atoms with E-state index >= 15 is 0 Å². The highest BCUT2D eigenvalue weighted by Crippen LogP contribution is 2.32. The smallest absolute Gasteiger partial charge is 0.279 e. The molecule has 7 heteroatoms. The lowest BCUT2D eigenvalue weighted by Gasteiger charge is -2.24. The van der Waals surface area contributed by atoms with Crippen LogP contribution >= 0.6 is 11.3 Å². The molecule has 0 radical (unpaired) electrons. The third-order valence-corrected chi connectivity index (χ3v) is 6.83. The van der Waals surface area contributed by atoms with Crippen LogP contribution in [0.1, 0.15) is 31.2 Å². The Morgan fingerprint density at radius 2 is 1.97 bits per heavy atom. The number of β-amino-alcohol motifs (C(OH)–C–C–N with tert-alkyl or cyclic N) is 1. The third-order valence-electron chi connectivity index (χ3n) is 5.92. The number of aliphatic hydroxyl groups is 1. The maximum Gasteiger partial charge on any atom is 0.279 e. The van der Waals surface area contributed by atoms with Crippen LogP contribution in [0.2, 0.25) is 0 Å². The number of aliphatic hydroxyl groups excluding tert-OH is 1. The van der Waals surface area contributed by atoms with Gasteiger partial charge in [-0.15, -0.1) is 0 Å². The molecule has 1 saturated carbocycles. The first-order valence-corrected chi connectivity index (χ1v) is 11.8. The van der Waals surface area contributed by atoms with Crippen LogP contribution in [-0.4, -0.2) is 57.6 Å². The summed E-state index contributed by atoms with van der Waals surface area (Å²) in [7, 11) is 0. The lowest BCUT2D eigenvalue weighted by molar-refractivity contribution is -0.127. The summed E-state index contributed by atoms with van der Waals surface area (Å²) in [4.78, 5) is 20.7. The van der Waals surface area contributed by atoms with Gasteiger partial charge in [-0.25, -0.2) is 4.98 Å². The number of carbonyl (C=O) groups excluding carboxylic acids is 1. The quantitative estimate of drug-likeness (QED) is 0.547. The van der Waals surface area contributed by atoms with E-state index in [9.17, 15) is 9.90 Å². The van der Waals surface area contributed by atoms with E-state index in [0.717, 1.165) is 42.0 Å². The summed E-state index contributed by atoms with van der Waals surface area (Å²) in [5.74, 6) is 0.876. The van der Waals surface area contributed by atoms with E-state index in [1.165, 1.54) is 18.4 Å². The molecule has 1 amide bonds. The molecule has 0 spiro atoms. The Morgan fingerprint density at radius 1 is 1.16 bits per heavy atom. The zero-order chi connectivity index (χ0) is 21.2. The average molecular weight is 438 g/mol. The van der Waals surface area contributed by atoms with Crippen LogP contribution in [0.25, 0.3) is 10.2 Å². The number of rotatable bonds is 9. The summed E-state index contributed by atoms with van der Waals surface area (Å²) < 4.78 is 7.08. The minimum atomic E-state index is -0.490. The summed E-state index contributed by atoms with van der Waals surface area (Å²) >= 11 is 1.55. The predicted octanol–water partition coefficient (Wildman–Crippen LogP) is 4.04. The van der Waals surface area contributed by atoms with Gasteiger partial charge in [0, 0.05) is 32.2 Å². The van der Waals surface area contributed by atoms with E-state index < -0.39 is 6.10 Å². The number of para-hydroxylation sites is 1. The van der Waals surface area contributed by atoms with Gasteiger partial charge in [0.1, 0.15) is 5.75 Å². The molecule has 6 nitrogen and oxygen atoms in total. The van der Waals surface area contributed by atoms with Gasteiger partial charge in [0.2, 0.25) is 5.91 Å². The maximum atomic E-state index is 11.8. The predicted molar refractivity (Wildman–Crippen MR) is 121 cm³/mol. The van der Waals surface area contributed by atoms with E-state index in [1.807, 2.05) is 30.3 Å². The molecule has 5 rings (SSSR count). The number of carbonyl (C=O) groups is 1. The fourth-order valence-electron chi connectivity index (χ4n) is 4.16. The second kappa shape index (κ2) is 8.94. The molecule has 2 fully saturated rings. The summed E-state index contributed by atoms with van der Waals surface area (Å²) in [5.41, 5.74) is 2.22. The van der Waals surface area contributed by atoms with Crippen LogP contribution in [0.15, 0.2) is 48.5 Å². The minimum absolute atomic E-state index is 0.0780. The number of amides is 1. The molecule has 1 aromatic heterocycles. The number of nitrogens with zero attached hydrogens (tertiary/aromatic N) is 3. The molecular weight excluding hydrogens is 410 g/mol. The van der Waals surface area contributed by atoms with Crippen LogP contribution in [-0.2, 0) is 11.3 Å². The fourth-order valence-corrected chi connectivity index (χ4v) is 4.99. The van der Waals surface area contributed by atoms with Crippen molar-refractivity contribution < 1.29 is 14.6 Å². The SMILES string of the molecule is O=C1CC(O)CN1CCCN(Cc1ccc(Oc2nc3ccccc3s2)cc1)C1CC1. The number of ether oxygens (including phenoxy) is 1. The standard InChI is InChI=1S/C24H27N3O3S/c28-19-14-23(29)27(16-19)13-3-12-26(18-8-9-18)15-17-6-10-20(11-7-17)30-24-25-21-4-1-2-5-22(21)31-24/h1-2,4-7,10-11,18-19,28H,3,8-9,12-16H2. The zero-order valence-corrected chi connectivity index (χ0v) is 18.3. The van der Waals surface area contributed by atoms with Crippen LogP contribution in [0, 0.1) is 0 Å². The Hall–Kier alpha value is -2.48. The van der Waals surface area contributed by atoms with Crippen molar-refractivity contribution in [1.29, 1.82) is 0 Å². The molecule has 1 aliphatic heterocycles. The molecule has 1 aliphatic carbocycles. The summed E-state index contributed by atoms with van der Waals surface area (Å²) in [6, 6.07) is 17.0. The number of fused-ring (bicyclic) bond motifs is 1. The molecule has 31 heavy (non-hydrogen) atoms. The van der Waals surface area contributed by atoms with E-state index in [0.29, 0.717) is 17.8 Å². The molecule has 2 heterocycles. The van der Waals surface area contributed by atoms with E-state index in [-0.39, 0.29) is 12.3 Å². The average Bonchev–Trinajstić information content (AvgIpc) is 3.45. The van der Waals surface area contributed by atoms with Crippen molar-refractivity contribution in [3.63, 3.8) is 0 Å². The van der Waals surface area contributed by atoms with Gasteiger partial charge in [0.05, 0.1) is 22.7 Å². The third kappa shape index (κ3) is 5.06. The second-order valence-corrected chi connectivity index (χ2v) is 9.44. The zero-order valence-electron chi connectivity index (χ0n) is 17.4. The van der Waals surface area contributed by atoms with Crippen LogP contribution < -0.4 is 4.74 Å². The second-order valence-electron chi connectivity index (χ2n) is 8.45. The lowest BCUT2D eigenvalue weighted by Crippen LogP contribution is -2.32. The molecular formula is C24H27N3O3S. The Kier molecular flexibility index (Phi) is 5.89. The number of benzene rings is 2. The Balaban J connectivity index is 1.15. The topological polar surface area (TPSA) is 65.9 Å². The number of aromatic nitrogens is 1. The van der Waals surface area contributed by atoms with Crippen molar-refractivity contribution in [3.8, 4) is 10.9 Å². The van der Waals surface area contributed by atoms with Gasteiger partial charge in [0.15, 0.2) is 0 Å². The normalized spacial score (nSPS) is 19.0. The molecule has 2 aromatic carbocycles. The maximum absolute atomic E-state index is 11.8. The fraction of sp³-hybridized carbons (Fsp3) is 0.417. The molecule has 3 aromatic rings. The number of hydrogen-bond donors (Lipinski definition) is 1. The van der Waals surface area contributed by atoms with Crippen LogP contribution in [0.3, 0.4) is 0 Å². The first-order chi connectivity index (χ1) is 15.1. The molecule has 1 unspecified atom stereocenters. The lowest BCUT2D eigenvalue weighted by atomic mass is 10.2. The molecule has 2 aliphatic rings. The monoisotopic (exact) mass is 437 g/mol. The molecule has 1 N–H and O–H groups in total. The highest BCUT2D eigenvalue weighted by molar-refractivity contribution is 7.20. The Bertz CT molecular complexity index is 1010. The molecule has 162 valence electrons. The molecule has 0 bridgehead atoms. The first-order valence-electron chi connectivity index (χ1n) is 11.0. The van der Waals surface area contributed by atoms with E-state index in [2.05, 4.69) is 28.1 Å². The summed E-state index contributed by atoms with van der Waals surface area (Å²) in [5, 5.41) is 10.3. The van der Waals surface area contributed by atoms with Crippen molar-refractivity contribution in [2.75, 3.05) is 19.6 Å². The van der Waals surface area contributed by atoms with Gasteiger partial charge in [-0.05, 0) is 49.1 Å². The van der Waals surface area contributed by atoms with Crippen LogP contribution in [0.4, 0.5) is 0 Å². The highest BCUT2D eigenvalue weighted by Gasteiger charge is 2.30. The number of thiazole rings is 1. The van der Waals surface area contributed by atoms with Crippen molar-refractivity contribution in [3.05, 3.63) is 54.1 Å². The van der Waals surface area contributed by atoms with E-state index in [4.69, 9.17) is 4.74 Å². The molecule has 1 saturated heterocycles. The van der Waals surface area contributed by atoms with Crippen molar-refractivity contribution in [2.45, 2.75) is 44.4 Å². The largest absolute Gasteiger partial charge is 0.431 e. The van der Waals surface area contributed by atoms with Gasteiger partial charge in [0.25, 0.3) is 5.19 Å². The van der Waals surface area contributed by atoms with Gasteiger partial charge in [-0.1, -0.05) is 35.6 Å². The van der Waals surface area contributed by atoms with Crippen LogP contribution in [0.5, 0.6) is 10.9 Å². The Morgan fingerprint density at radius 3 is 2.68 bits per heavy atom. The Labute approximate surface area is 186 Å². The van der Waals surface area contributed by atoms with Gasteiger partial charge < -0.3 is 14.7 Å². The van der Waals surface area contributed by atoms with Crippen molar-refractivity contribution >= 4 is 27.5 Å². The number of likely N-dealkylation sites (tertiary alicyclic amines) is 1. The van der Waals surface area contributed by atoms with E-state index in [1.54, 1.807) is 16.2 Å². The van der Waals surface area contributed by atoms with Gasteiger partial charge in [-0.3, -0.25) is 9.69 Å². The number of hydrogen-bond acceptors (Lipinski definition) is 6. The molecule has 1 atom stereocenters.